The number of ether oxygens (including phenoxy) is 1. The molecule has 11 heteroatoms. The third-order valence-electron chi connectivity index (χ3n) is 5.54. The van der Waals surface area contributed by atoms with Crippen LogP contribution in [-0.2, 0) is 16.0 Å². The van der Waals surface area contributed by atoms with Crippen molar-refractivity contribution in [3.05, 3.63) is 76.7 Å². The summed E-state index contributed by atoms with van der Waals surface area (Å²) in [6.07, 6.45) is 1.18. The second-order valence-electron chi connectivity index (χ2n) is 8.26. The lowest BCUT2D eigenvalue weighted by atomic mass is 10.0. The molecule has 0 saturated carbocycles. The van der Waals surface area contributed by atoms with E-state index in [1.165, 1.54) is 18.5 Å². The van der Waals surface area contributed by atoms with Gasteiger partial charge in [-0.2, -0.15) is 0 Å². The van der Waals surface area contributed by atoms with Gasteiger partial charge in [0.05, 0.1) is 23.7 Å². The highest BCUT2D eigenvalue weighted by Gasteiger charge is 2.18. The van der Waals surface area contributed by atoms with Crippen molar-refractivity contribution >= 4 is 35.2 Å². The number of amides is 3. The average molecular weight is 489 g/mol. The summed E-state index contributed by atoms with van der Waals surface area (Å²) in [4.78, 5) is 56.0. The highest BCUT2D eigenvalue weighted by molar-refractivity contribution is 5.97. The number of aromatic carboxylic acids is 1. The first-order valence-corrected chi connectivity index (χ1v) is 11.0. The van der Waals surface area contributed by atoms with Crippen LogP contribution in [0.4, 0.5) is 11.5 Å². The van der Waals surface area contributed by atoms with Crippen molar-refractivity contribution in [2.45, 2.75) is 26.3 Å². The molecule has 2 aromatic carbocycles. The topological polar surface area (TPSA) is 160 Å². The highest BCUT2D eigenvalue weighted by atomic mass is 16.5. The number of anilines is 2. The first-order chi connectivity index (χ1) is 17.2. The molecule has 3 amide bonds. The third kappa shape index (κ3) is 5.63. The Bertz CT molecular complexity index is 1370. The number of nitrogens with one attached hydrogen (secondary N) is 3. The number of carbonyl (C=O) groups is 4. The Labute approximate surface area is 205 Å². The van der Waals surface area contributed by atoms with Crippen LogP contribution in [0, 0.1) is 6.92 Å². The molecule has 0 unspecified atom stereocenters. The number of carboxylic acids is 1. The van der Waals surface area contributed by atoms with Crippen molar-refractivity contribution in [3.8, 4) is 5.75 Å². The van der Waals surface area contributed by atoms with E-state index in [0.29, 0.717) is 22.6 Å². The lowest BCUT2D eigenvalue weighted by molar-refractivity contribution is -0.118. The van der Waals surface area contributed by atoms with E-state index in [9.17, 15) is 24.3 Å². The summed E-state index contributed by atoms with van der Waals surface area (Å²) >= 11 is 0. The predicted molar refractivity (Wildman–Crippen MR) is 129 cm³/mol. The number of aromatic nitrogens is 2. The molecule has 1 aliphatic heterocycles. The monoisotopic (exact) mass is 489 g/mol. The average Bonchev–Trinajstić information content (AvgIpc) is 2.83. The number of hydrogen-bond donors (Lipinski definition) is 4. The molecule has 0 bridgehead atoms. The highest BCUT2D eigenvalue weighted by Crippen LogP contribution is 2.28. The number of fused-ring (bicyclic) bond motifs is 1. The lowest BCUT2D eigenvalue weighted by Crippen LogP contribution is -2.28. The summed E-state index contributed by atoms with van der Waals surface area (Å²) < 4.78 is 5.31. The van der Waals surface area contributed by atoms with E-state index in [4.69, 9.17) is 4.74 Å². The minimum absolute atomic E-state index is 0.0113. The van der Waals surface area contributed by atoms with Gasteiger partial charge in [-0.1, -0.05) is 18.2 Å². The van der Waals surface area contributed by atoms with Gasteiger partial charge in [-0.05, 0) is 48.7 Å². The molecule has 3 aromatic rings. The quantitative estimate of drug-likeness (QED) is 0.394. The van der Waals surface area contributed by atoms with Crippen molar-refractivity contribution < 1.29 is 29.0 Å². The molecule has 184 valence electrons. The molecule has 1 aliphatic rings. The molecule has 11 nitrogen and oxygen atoms in total. The Morgan fingerprint density at radius 3 is 2.69 bits per heavy atom. The zero-order chi connectivity index (χ0) is 25.8. The molecule has 2 heterocycles. The van der Waals surface area contributed by atoms with Crippen LogP contribution < -0.4 is 20.7 Å². The number of aryl methyl sites for hydroxylation is 1. The van der Waals surface area contributed by atoms with Gasteiger partial charge in [-0.3, -0.25) is 14.4 Å². The molecule has 36 heavy (non-hydrogen) atoms. The minimum atomic E-state index is -1.02. The first kappa shape index (κ1) is 24.3. The maximum Gasteiger partial charge on any atom is 0.335 e. The standard InChI is InChI=1S/C25H23N5O6/c1-13-7-16(4-5-17(13)25(34)35)14(2)28-24(33)19-10-21(27-12-26-19)30-22(31)9-15-3-6-20-18(8-15)29-23(32)11-36-20/h3-8,10,12,14H,9,11H2,1-2H3,(H,28,33)(H,29,32)(H,34,35)(H,26,27,30,31)/t14-/m0/s1. The van der Waals surface area contributed by atoms with Gasteiger partial charge in [-0.25, -0.2) is 14.8 Å². The third-order valence-corrected chi connectivity index (χ3v) is 5.54. The van der Waals surface area contributed by atoms with Gasteiger partial charge in [-0.15, -0.1) is 0 Å². The molecular formula is C25H23N5O6. The Hall–Kier alpha value is -4.80. The number of benzene rings is 2. The molecule has 0 aliphatic carbocycles. The molecule has 4 rings (SSSR count). The van der Waals surface area contributed by atoms with Gasteiger partial charge in [0.25, 0.3) is 11.8 Å². The smallest absolute Gasteiger partial charge is 0.335 e. The lowest BCUT2D eigenvalue weighted by Gasteiger charge is -2.18. The molecule has 0 spiro atoms. The van der Waals surface area contributed by atoms with E-state index in [1.54, 1.807) is 44.2 Å². The van der Waals surface area contributed by atoms with Crippen molar-refractivity contribution in [2.24, 2.45) is 0 Å². The largest absolute Gasteiger partial charge is 0.482 e. The van der Waals surface area contributed by atoms with Crippen LogP contribution in [0.25, 0.3) is 0 Å². The van der Waals surface area contributed by atoms with Crippen molar-refractivity contribution in [1.82, 2.24) is 15.3 Å². The van der Waals surface area contributed by atoms with E-state index in [2.05, 4.69) is 25.9 Å². The van der Waals surface area contributed by atoms with Crippen molar-refractivity contribution in [1.29, 1.82) is 0 Å². The Morgan fingerprint density at radius 1 is 1.14 bits per heavy atom. The summed E-state index contributed by atoms with van der Waals surface area (Å²) in [7, 11) is 0. The maximum absolute atomic E-state index is 12.7. The van der Waals surface area contributed by atoms with Crippen LogP contribution >= 0.6 is 0 Å². The van der Waals surface area contributed by atoms with Crippen LogP contribution in [0.3, 0.4) is 0 Å². The summed E-state index contributed by atoms with van der Waals surface area (Å²) in [5.74, 6) is -1.44. The number of carbonyl (C=O) groups excluding carboxylic acids is 3. The Morgan fingerprint density at radius 2 is 1.94 bits per heavy atom. The van der Waals surface area contributed by atoms with Crippen LogP contribution in [0.2, 0.25) is 0 Å². The Kier molecular flexibility index (Phi) is 6.91. The zero-order valence-corrected chi connectivity index (χ0v) is 19.5. The van der Waals surface area contributed by atoms with E-state index in [-0.39, 0.29) is 41.9 Å². The number of rotatable bonds is 7. The van der Waals surface area contributed by atoms with Crippen molar-refractivity contribution in [3.63, 3.8) is 0 Å². The minimum Gasteiger partial charge on any atom is -0.482 e. The molecular weight excluding hydrogens is 466 g/mol. The predicted octanol–water partition coefficient (Wildman–Crippen LogP) is 2.49. The van der Waals surface area contributed by atoms with Gasteiger partial charge >= 0.3 is 5.97 Å². The fourth-order valence-corrected chi connectivity index (χ4v) is 3.71. The van der Waals surface area contributed by atoms with E-state index < -0.39 is 17.9 Å². The van der Waals surface area contributed by atoms with Gasteiger partial charge in [0.15, 0.2) is 6.61 Å². The fraction of sp³-hybridized carbons (Fsp3) is 0.200. The molecule has 4 N–H and O–H groups in total. The summed E-state index contributed by atoms with van der Waals surface area (Å²) in [5.41, 5.74) is 2.73. The second kappa shape index (κ2) is 10.2. The van der Waals surface area contributed by atoms with Crippen LogP contribution in [0.5, 0.6) is 5.75 Å². The normalized spacial score (nSPS) is 13.0. The zero-order valence-electron chi connectivity index (χ0n) is 19.5. The Balaban J connectivity index is 1.38. The maximum atomic E-state index is 12.7. The van der Waals surface area contributed by atoms with E-state index >= 15 is 0 Å². The van der Waals surface area contributed by atoms with E-state index in [1.807, 2.05) is 0 Å². The van der Waals surface area contributed by atoms with Crippen molar-refractivity contribution in [2.75, 3.05) is 17.2 Å². The summed E-state index contributed by atoms with van der Waals surface area (Å²) in [5, 5.41) is 17.3. The first-order valence-electron chi connectivity index (χ1n) is 11.0. The summed E-state index contributed by atoms with van der Waals surface area (Å²) in [6, 6.07) is 10.9. The fourth-order valence-electron chi connectivity index (χ4n) is 3.71. The SMILES string of the molecule is Cc1cc([C@H](C)NC(=O)c2cc(NC(=O)Cc3ccc4c(c3)NC(=O)CO4)ncn2)ccc1C(=O)O. The molecule has 1 aromatic heterocycles. The number of nitrogens with zero attached hydrogens (tertiary/aromatic N) is 2. The number of hydrogen-bond acceptors (Lipinski definition) is 7. The number of carboxylic acid groups (broad SMARTS) is 1. The van der Waals surface area contributed by atoms with Gasteiger partial charge in [0.1, 0.15) is 23.6 Å². The molecule has 1 atom stereocenters. The van der Waals surface area contributed by atoms with Crippen LogP contribution in [-0.4, -0.2) is 45.4 Å². The second-order valence-corrected chi connectivity index (χ2v) is 8.26. The molecule has 0 fully saturated rings. The van der Waals surface area contributed by atoms with Gasteiger partial charge in [0.2, 0.25) is 5.91 Å². The van der Waals surface area contributed by atoms with Crippen LogP contribution in [0.1, 0.15) is 50.5 Å². The van der Waals surface area contributed by atoms with Gasteiger partial charge < -0.3 is 25.8 Å². The molecule has 0 radical (unpaired) electrons. The molecule has 0 saturated heterocycles. The van der Waals surface area contributed by atoms with Crippen LogP contribution in [0.15, 0.2) is 48.8 Å². The van der Waals surface area contributed by atoms with E-state index in [0.717, 1.165) is 5.56 Å². The summed E-state index contributed by atoms with van der Waals surface area (Å²) in [6.45, 7) is 3.41. The van der Waals surface area contributed by atoms with Gasteiger partial charge in [0, 0.05) is 6.07 Å².